The van der Waals surface area contributed by atoms with Crippen LogP contribution >= 0.6 is 35.1 Å². The predicted molar refractivity (Wildman–Crippen MR) is 80.0 cm³/mol. The van der Waals surface area contributed by atoms with Gasteiger partial charge in [0.15, 0.2) is 0 Å². The Balaban J connectivity index is 0.00000133. The molecule has 1 aliphatic heterocycles. The number of thiazole rings is 1. The second kappa shape index (κ2) is 6.00. The van der Waals surface area contributed by atoms with Crippen LogP contribution in [0, 0.1) is 0 Å². The molecule has 0 bridgehead atoms. The van der Waals surface area contributed by atoms with Gasteiger partial charge in [0.25, 0.3) is 5.91 Å². The number of carbonyl (C=O) groups excluding carboxylic acids is 1. The molecule has 0 saturated heterocycles. The summed E-state index contributed by atoms with van der Waals surface area (Å²) >= 11 is 3.22. The summed E-state index contributed by atoms with van der Waals surface area (Å²) in [6.07, 6.45) is 0.951. The first-order valence-corrected chi connectivity index (χ1v) is 7.53. The van der Waals surface area contributed by atoms with Crippen molar-refractivity contribution in [2.24, 2.45) is 5.73 Å². The van der Waals surface area contributed by atoms with E-state index in [0.717, 1.165) is 18.0 Å². The maximum atomic E-state index is 12.3. The number of halogens is 1. The highest BCUT2D eigenvalue weighted by molar-refractivity contribution is 7.10. The van der Waals surface area contributed by atoms with Gasteiger partial charge in [-0.05, 0) is 23.4 Å². The van der Waals surface area contributed by atoms with E-state index in [9.17, 15) is 4.79 Å². The number of fused-ring (bicyclic) bond motifs is 1. The van der Waals surface area contributed by atoms with E-state index < -0.39 is 0 Å². The van der Waals surface area contributed by atoms with Crippen LogP contribution in [0.5, 0.6) is 0 Å². The van der Waals surface area contributed by atoms with E-state index in [0.29, 0.717) is 18.8 Å². The maximum absolute atomic E-state index is 12.3. The smallest absolute Gasteiger partial charge is 0.273 e. The molecule has 0 radical (unpaired) electrons. The minimum absolute atomic E-state index is 0. The highest BCUT2D eigenvalue weighted by atomic mass is 35.5. The lowest BCUT2D eigenvalue weighted by Gasteiger charge is -2.26. The second-order valence-electron chi connectivity index (χ2n) is 4.18. The van der Waals surface area contributed by atoms with Crippen molar-refractivity contribution in [2.75, 3.05) is 6.54 Å². The van der Waals surface area contributed by atoms with E-state index >= 15 is 0 Å². The summed E-state index contributed by atoms with van der Waals surface area (Å²) in [6, 6.07) is 2.10. The first-order chi connectivity index (χ1) is 8.78. The van der Waals surface area contributed by atoms with E-state index in [1.807, 2.05) is 4.90 Å². The summed E-state index contributed by atoms with van der Waals surface area (Å²) in [6.45, 7) is 1.88. The van der Waals surface area contributed by atoms with Crippen LogP contribution in [0.4, 0.5) is 0 Å². The molecule has 0 spiro atoms. The molecular weight excluding hydrogens is 302 g/mol. The van der Waals surface area contributed by atoms with Gasteiger partial charge in [-0.15, -0.1) is 35.1 Å². The monoisotopic (exact) mass is 315 g/mol. The Morgan fingerprint density at radius 3 is 3.05 bits per heavy atom. The molecule has 0 saturated carbocycles. The van der Waals surface area contributed by atoms with Crippen LogP contribution in [-0.4, -0.2) is 22.3 Å². The van der Waals surface area contributed by atoms with Gasteiger partial charge in [-0.3, -0.25) is 4.79 Å². The molecule has 102 valence electrons. The number of thiophene rings is 1. The summed E-state index contributed by atoms with van der Waals surface area (Å²) in [5.74, 6) is 0.0165. The van der Waals surface area contributed by atoms with Crippen molar-refractivity contribution in [3.05, 3.63) is 38.0 Å². The molecule has 0 unspecified atom stereocenters. The van der Waals surface area contributed by atoms with E-state index in [-0.39, 0.29) is 18.3 Å². The number of rotatable bonds is 2. The van der Waals surface area contributed by atoms with Crippen LogP contribution in [0.15, 0.2) is 16.8 Å². The second-order valence-corrected chi connectivity index (χ2v) is 6.12. The Labute approximate surface area is 125 Å². The molecule has 0 aromatic carbocycles. The van der Waals surface area contributed by atoms with E-state index in [4.69, 9.17) is 5.73 Å². The van der Waals surface area contributed by atoms with Crippen molar-refractivity contribution in [3.63, 3.8) is 0 Å². The lowest BCUT2D eigenvalue weighted by atomic mass is 10.1. The fourth-order valence-corrected chi connectivity index (χ4v) is 3.62. The van der Waals surface area contributed by atoms with Gasteiger partial charge in [-0.1, -0.05) is 0 Å². The van der Waals surface area contributed by atoms with Crippen LogP contribution < -0.4 is 5.73 Å². The quantitative estimate of drug-likeness (QED) is 0.925. The standard InChI is InChI=1S/C12H13N3OS2.ClH/c13-5-11-14-9(7-18-11)12(16)15-3-1-10-8(6-15)2-4-17-10;/h2,4,7H,1,3,5-6,13H2;1H. The van der Waals surface area contributed by atoms with Gasteiger partial charge in [0, 0.05) is 29.9 Å². The van der Waals surface area contributed by atoms with Crippen molar-refractivity contribution < 1.29 is 4.79 Å². The van der Waals surface area contributed by atoms with Gasteiger partial charge in [-0.2, -0.15) is 0 Å². The minimum Gasteiger partial charge on any atom is -0.333 e. The summed E-state index contributed by atoms with van der Waals surface area (Å²) in [5.41, 5.74) is 7.31. The molecule has 7 heteroatoms. The summed E-state index contributed by atoms with van der Waals surface area (Å²) in [7, 11) is 0. The van der Waals surface area contributed by atoms with Crippen LogP contribution in [0.3, 0.4) is 0 Å². The summed E-state index contributed by atoms with van der Waals surface area (Å²) < 4.78 is 0. The molecule has 3 rings (SSSR count). The number of carbonyl (C=O) groups is 1. The van der Waals surface area contributed by atoms with E-state index in [2.05, 4.69) is 16.4 Å². The fourth-order valence-electron chi connectivity index (χ4n) is 2.09. The topological polar surface area (TPSA) is 59.2 Å². The highest BCUT2D eigenvalue weighted by Gasteiger charge is 2.23. The van der Waals surface area contributed by atoms with Crippen molar-refractivity contribution in [2.45, 2.75) is 19.5 Å². The van der Waals surface area contributed by atoms with Crippen molar-refractivity contribution in [1.29, 1.82) is 0 Å². The molecule has 2 N–H and O–H groups in total. The number of aromatic nitrogens is 1. The van der Waals surface area contributed by atoms with Gasteiger partial charge >= 0.3 is 0 Å². The zero-order valence-corrected chi connectivity index (χ0v) is 12.6. The summed E-state index contributed by atoms with van der Waals surface area (Å²) in [4.78, 5) is 19.8. The molecule has 3 heterocycles. The number of nitrogens with two attached hydrogens (primary N) is 1. The van der Waals surface area contributed by atoms with Crippen molar-refractivity contribution in [3.8, 4) is 0 Å². The molecule has 1 amide bonds. The van der Waals surface area contributed by atoms with Gasteiger partial charge in [0.1, 0.15) is 10.7 Å². The molecular formula is C12H14ClN3OS2. The number of nitrogens with zero attached hydrogens (tertiary/aromatic N) is 2. The van der Waals surface area contributed by atoms with Crippen LogP contribution in [0.1, 0.15) is 25.9 Å². The minimum atomic E-state index is 0. The fraction of sp³-hybridized carbons (Fsp3) is 0.333. The highest BCUT2D eigenvalue weighted by Crippen LogP contribution is 2.25. The van der Waals surface area contributed by atoms with Crippen LogP contribution in [0.2, 0.25) is 0 Å². The zero-order chi connectivity index (χ0) is 12.5. The first-order valence-electron chi connectivity index (χ1n) is 5.77. The predicted octanol–water partition coefficient (Wildman–Crippen LogP) is 2.28. The Bertz CT molecular complexity index is 581. The average molecular weight is 316 g/mol. The van der Waals surface area contributed by atoms with Gasteiger partial charge in [-0.25, -0.2) is 4.98 Å². The molecule has 19 heavy (non-hydrogen) atoms. The van der Waals surface area contributed by atoms with E-state index in [1.54, 1.807) is 16.7 Å². The lowest BCUT2D eigenvalue weighted by Crippen LogP contribution is -2.35. The van der Waals surface area contributed by atoms with Gasteiger partial charge in [0.05, 0.1) is 0 Å². The molecule has 0 atom stereocenters. The first kappa shape index (κ1) is 14.5. The third-order valence-electron chi connectivity index (χ3n) is 3.04. The Kier molecular flexibility index (Phi) is 4.57. The molecule has 4 nitrogen and oxygen atoms in total. The zero-order valence-electron chi connectivity index (χ0n) is 10.2. The van der Waals surface area contributed by atoms with Crippen LogP contribution in [0.25, 0.3) is 0 Å². The third-order valence-corrected chi connectivity index (χ3v) is 4.93. The number of hydrogen-bond donors (Lipinski definition) is 1. The SMILES string of the molecule is Cl.NCc1nc(C(=O)N2CCc3sccc3C2)cs1. The Hall–Kier alpha value is -0.950. The normalized spacial score (nSPS) is 13.8. The third kappa shape index (κ3) is 2.81. The van der Waals surface area contributed by atoms with E-state index in [1.165, 1.54) is 21.8 Å². The van der Waals surface area contributed by atoms with Gasteiger partial charge in [0.2, 0.25) is 0 Å². The van der Waals surface area contributed by atoms with Crippen molar-refractivity contribution >= 4 is 41.0 Å². The molecule has 2 aromatic heterocycles. The Morgan fingerprint density at radius 1 is 1.47 bits per heavy atom. The maximum Gasteiger partial charge on any atom is 0.273 e. The average Bonchev–Trinajstić information content (AvgIpc) is 3.05. The molecule has 2 aromatic rings. The molecule has 0 fully saturated rings. The number of hydrogen-bond acceptors (Lipinski definition) is 5. The van der Waals surface area contributed by atoms with Gasteiger partial charge < -0.3 is 10.6 Å². The number of amides is 1. The molecule has 0 aliphatic carbocycles. The van der Waals surface area contributed by atoms with Crippen molar-refractivity contribution in [1.82, 2.24) is 9.88 Å². The molecule has 1 aliphatic rings. The Morgan fingerprint density at radius 2 is 2.32 bits per heavy atom. The van der Waals surface area contributed by atoms with Crippen LogP contribution in [-0.2, 0) is 19.5 Å². The summed E-state index contributed by atoms with van der Waals surface area (Å²) in [5, 5.41) is 4.70. The lowest BCUT2D eigenvalue weighted by molar-refractivity contribution is 0.0730. The largest absolute Gasteiger partial charge is 0.333 e.